The molecular weight excluding hydrogens is 290 g/mol. The van der Waals surface area contributed by atoms with Crippen LogP contribution in [0.5, 0.6) is 0 Å². The zero-order valence-electron chi connectivity index (χ0n) is 11.0. The number of nitrogens with one attached hydrogen (secondary N) is 1. The van der Waals surface area contributed by atoms with E-state index < -0.39 is 21.3 Å². The number of carbonyl (C=O) groups is 2. The Bertz CT molecular complexity index is 462. The lowest BCUT2D eigenvalue weighted by Gasteiger charge is -2.24. The topological polar surface area (TPSA) is 101 Å². The Morgan fingerprint density at radius 1 is 1.47 bits per heavy atom. The van der Waals surface area contributed by atoms with Crippen LogP contribution >= 0.6 is 11.8 Å². The molecule has 2 unspecified atom stereocenters. The summed E-state index contributed by atoms with van der Waals surface area (Å²) in [6, 6.07) is 0. The predicted molar refractivity (Wildman–Crippen MR) is 74.0 cm³/mol. The summed E-state index contributed by atoms with van der Waals surface area (Å²) in [4.78, 5) is 22.7. The molecule has 0 aliphatic carbocycles. The highest BCUT2D eigenvalue weighted by Gasteiger charge is 2.33. The number of carbonyl (C=O) groups excluding carboxylic acids is 1. The fourth-order valence-electron chi connectivity index (χ4n) is 1.72. The fraction of sp³-hybridized carbons (Fsp3) is 0.818. The highest BCUT2D eigenvalue weighted by Crippen LogP contribution is 2.24. The van der Waals surface area contributed by atoms with Crippen molar-refractivity contribution in [2.45, 2.75) is 37.5 Å². The number of amides is 1. The Labute approximate surface area is 117 Å². The Balaban J connectivity index is 2.42. The van der Waals surface area contributed by atoms with Crippen LogP contribution in [-0.2, 0) is 19.4 Å². The van der Waals surface area contributed by atoms with Gasteiger partial charge >= 0.3 is 5.97 Å². The van der Waals surface area contributed by atoms with Crippen LogP contribution in [0.1, 0.15) is 26.7 Å². The van der Waals surface area contributed by atoms with Crippen LogP contribution in [0.15, 0.2) is 0 Å². The first-order chi connectivity index (χ1) is 8.68. The average molecular weight is 309 g/mol. The molecular formula is C11H19NO5S2. The highest BCUT2D eigenvalue weighted by atomic mass is 32.2. The minimum absolute atomic E-state index is 0.0616. The van der Waals surface area contributed by atoms with Gasteiger partial charge in [-0.15, -0.1) is 11.8 Å². The van der Waals surface area contributed by atoms with Crippen molar-refractivity contribution >= 4 is 33.5 Å². The Hall–Kier alpha value is -0.760. The van der Waals surface area contributed by atoms with Gasteiger partial charge in [-0.25, -0.2) is 13.2 Å². The molecule has 1 amide bonds. The van der Waals surface area contributed by atoms with Crippen molar-refractivity contribution in [2.75, 3.05) is 17.3 Å². The van der Waals surface area contributed by atoms with Crippen molar-refractivity contribution in [3.8, 4) is 0 Å². The maximum Gasteiger partial charge on any atom is 0.329 e. The van der Waals surface area contributed by atoms with E-state index in [4.69, 9.17) is 5.11 Å². The van der Waals surface area contributed by atoms with Crippen molar-refractivity contribution in [1.29, 1.82) is 0 Å². The molecule has 0 bridgehead atoms. The van der Waals surface area contributed by atoms with Gasteiger partial charge in [0.15, 0.2) is 9.84 Å². The van der Waals surface area contributed by atoms with Crippen LogP contribution < -0.4 is 5.32 Å². The van der Waals surface area contributed by atoms with Crippen LogP contribution in [0.25, 0.3) is 0 Å². The van der Waals surface area contributed by atoms with Crippen molar-refractivity contribution in [1.82, 2.24) is 5.32 Å². The van der Waals surface area contributed by atoms with E-state index in [0.29, 0.717) is 6.42 Å². The second kappa shape index (κ2) is 6.13. The van der Waals surface area contributed by atoms with Gasteiger partial charge in [0.1, 0.15) is 5.54 Å². The molecule has 110 valence electrons. The van der Waals surface area contributed by atoms with Crippen LogP contribution in [0.4, 0.5) is 0 Å². The lowest BCUT2D eigenvalue weighted by atomic mass is 9.99. The smallest absolute Gasteiger partial charge is 0.329 e. The number of sulfone groups is 1. The molecule has 1 aliphatic heterocycles. The first-order valence-electron chi connectivity index (χ1n) is 6.05. The highest BCUT2D eigenvalue weighted by molar-refractivity contribution is 8.02. The molecule has 0 saturated carbocycles. The third kappa shape index (κ3) is 4.68. The van der Waals surface area contributed by atoms with Gasteiger partial charge in [-0.3, -0.25) is 4.79 Å². The van der Waals surface area contributed by atoms with Gasteiger partial charge in [-0.1, -0.05) is 6.92 Å². The number of hydrogen-bond acceptors (Lipinski definition) is 5. The molecule has 8 heteroatoms. The Kier molecular flexibility index (Phi) is 5.26. The first-order valence-corrected chi connectivity index (χ1v) is 8.92. The van der Waals surface area contributed by atoms with Crippen molar-refractivity contribution in [3.63, 3.8) is 0 Å². The van der Waals surface area contributed by atoms with E-state index in [1.165, 1.54) is 18.7 Å². The van der Waals surface area contributed by atoms with E-state index in [1.807, 2.05) is 0 Å². The summed E-state index contributed by atoms with van der Waals surface area (Å²) in [5.74, 6) is -1.08. The van der Waals surface area contributed by atoms with Gasteiger partial charge in [-0.05, 0) is 19.8 Å². The maximum absolute atomic E-state index is 11.7. The lowest BCUT2D eigenvalue weighted by molar-refractivity contribution is -0.146. The summed E-state index contributed by atoms with van der Waals surface area (Å²) < 4.78 is 22.5. The maximum atomic E-state index is 11.7. The van der Waals surface area contributed by atoms with E-state index >= 15 is 0 Å². The fourth-order valence-corrected chi connectivity index (χ4v) is 5.17. The molecule has 2 N–H and O–H groups in total. The number of aliphatic carboxylic acids is 1. The minimum atomic E-state index is -2.94. The zero-order valence-corrected chi connectivity index (χ0v) is 12.6. The van der Waals surface area contributed by atoms with Gasteiger partial charge < -0.3 is 10.4 Å². The molecule has 1 aliphatic rings. The molecule has 0 aromatic rings. The van der Waals surface area contributed by atoms with Gasteiger partial charge in [-0.2, -0.15) is 0 Å². The second-order valence-corrected chi connectivity index (χ2v) is 8.39. The minimum Gasteiger partial charge on any atom is -0.480 e. The van der Waals surface area contributed by atoms with Crippen molar-refractivity contribution in [2.24, 2.45) is 0 Å². The molecule has 0 spiro atoms. The van der Waals surface area contributed by atoms with E-state index in [1.54, 1.807) is 6.92 Å². The third-order valence-electron chi connectivity index (χ3n) is 3.24. The van der Waals surface area contributed by atoms with Gasteiger partial charge in [0.2, 0.25) is 5.91 Å². The number of hydrogen-bond donors (Lipinski definition) is 2. The lowest BCUT2D eigenvalue weighted by Crippen LogP contribution is -2.52. The summed E-state index contributed by atoms with van der Waals surface area (Å²) >= 11 is 1.27. The average Bonchev–Trinajstić information content (AvgIpc) is 2.66. The van der Waals surface area contributed by atoms with E-state index in [2.05, 4.69) is 5.32 Å². The van der Waals surface area contributed by atoms with E-state index in [-0.39, 0.29) is 34.8 Å². The number of carboxylic acid groups (broad SMARTS) is 1. The molecule has 1 rings (SSSR count). The van der Waals surface area contributed by atoms with Gasteiger partial charge in [0.25, 0.3) is 0 Å². The summed E-state index contributed by atoms with van der Waals surface area (Å²) in [5, 5.41) is 11.4. The van der Waals surface area contributed by atoms with Gasteiger partial charge in [0.05, 0.1) is 17.3 Å². The molecule has 0 radical (unpaired) electrons. The van der Waals surface area contributed by atoms with Crippen LogP contribution in [0, 0.1) is 0 Å². The standard InChI is InChI=1S/C11H19NO5S2/c1-3-11(2,10(14)15)12-9(13)6-18-8-4-5-19(16,17)7-8/h8H,3-7H2,1-2H3,(H,12,13)(H,14,15). The molecule has 1 saturated heterocycles. The monoisotopic (exact) mass is 309 g/mol. The van der Waals surface area contributed by atoms with E-state index in [9.17, 15) is 18.0 Å². The number of rotatable bonds is 6. The quantitative estimate of drug-likeness (QED) is 0.731. The third-order valence-corrected chi connectivity index (χ3v) is 6.52. The Morgan fingerprint density at radius 2 is 2.11 bits per heavy atom. The normalized spacial score (nSPS) is 24.6. The van der Waals surface area contributed by atoms with Crippen LogP contribution in [0.3, 0.4) is 0 Å². The number of carboxylic acids is 1. The SMILES string of the molecule is CCC(C)(NC(=O)CSC1CCS(=O)(=O)C1)C(=O)O. The number of thioether (sulfide) groups is 1. The Morgan fingerprint density at radius 3 is 2.53 bits per heavy atom. The first kappa shape index (κ1) is 16.3. The molecule has 0 aromatic carbocycles. The summed E-state index contributed by atoms with van der Waals surface area (Å²) in [6.45, 7) is 3.14. The van der Waals surface area contributed by atoms with Crippen molar-refractivity contribution in [3.05, 3.63) is 0 Å². The van der Waals surface area contributed by atoms with E-state index in [0.717, 1.165) is 0 Å². The second-order valence-electron chi connectivity index (χ2n) is 4.88. The van der Waals surface area contributed by atoms with Gasteiger partial charge in [0, 0.05) is 5.25 Å². The predicted octanol–water partition coefficient (Wildman–Crippen LogP) is 0.276. The molecule has 1 fully saturated rings. The molecule has 2 atom stereocenters. The molecule has 19 heavy (non-hydrogen) atoms. The molecule has 6 nitrogen and oxygen atoms in total. The van der Waals surface area contributed by atoms with Crippen LogP contribution in [-0.4, -0.2) is 53.4 Å². The largest absolute Gasteiger partial charge is 0.480 e. The molecule has 1 heterocycles. The van der Waals surface area contributed by atoms with Crippen molar-refractivity contribution < 1.29 is 23.1 Å². The summed E-state index contributed by atoms with van der Waals surface area (Å²) in [7, 11) is -2.94. The molecule has 0 aromatic heterocycles. The summed E-state index contributed by atoms with van der Waals surface area (Å²) in [6.07, 6.45) is 0.848. The summed E-state index contributed by atoms with van der Waals surface area (Å²) in [5.41, 5.74) is -1.26. The zero-order chi connectivity index (χ0) is 14.7. The van der Waals surface area contributed by atoms with Crippen LogP contribution in [0.2, 0.25) is 0 Å².